The summed E-state index contributed by atoms with van der Waals surface area (Å²) in [6.45, 7) is 10.1. The molecule has 1 aliphatic carbocycles. The topological polar surface area (TPSA) is 38.0 Å². The summed E-state index contributed by atoms with van der Waals surface area (Å²) in [5, 5.41) is 3.48. The highest BCUT2D eigenvalue weighted by Crippen LogP contribution is 2.23. The lowest BCUT2D eigenvalue weighted by atomic mass is 9.94. The van der Waals surface area contributed by atoms with E-state index in [-0.39, 0.29) is 12.1 Å². The van der Waals surface area contributed by atoms with Crippen molar-refractivity contribution in [2.45, 2.75) is 31.8 Å². The van der Waals surface area contributed by atoms with Gasteiger partial charge in [-0.1, -0.05) is 67.3 Å². The van der Waals surface area contributed by atoms with Crippen molar-refractivity contribution in [3.63, 3.8) is 0 Å². The third-order valence-corrected chi connectivity index (χ3v) is 3.76. The molecule has 0 heterocycles. The van der Waals surface area contributed by atoms with E-state index in [1.54, 1.807) is 0 Å². The van der Waals surface area contributed by atoms with E-state index in [1.807, 2.05) is 25.1 Å². The van der Waals surface area contributed by atoms with Crippen LogP contribution >= 0.6 is 0 Å². The number of allylic oxidation sites excluding steroid dienone is 3. The molecule has 3 N–H and O–H groups in total. The van der Waals surface area contributed by atoms with Gasteiger partial charge < -0.3 is 11.1 Å². The quantitative estimate of drug-likeness (QED) is 0.773. The summed E-state index contributed by atoms with van der Waals surface area (Å²) in [7, 11) is 0. The molecule has 0 spiro atoms. The lowest BCUT2D eigenvalue weighted by Crippen LogP contribution is -2.38. The first kappa shape index (κ1) is 15.3. The molecule has 0 bridgehead atoms. The molecule has 0 radical (unpaired) electrons. The van der Waals surface area contributed by atoms with E-state index in [9.17, 15) is 0 Å². The molecule has 1 aliphatic rings. The van der Waals surface area contributed by atoms with Gasteiger partial charge in [0.1, 0.15) is 0 Å². The summed E-state index contributed by atoms with van der Waals surface area (Å²) >= 11 is 0. The van der Waals surface area contributed by atoms with Crippen molar-refractivity contribution in [3.8, 4) is 0 Å². The number of nitrogens with two attached hydrogens (primary N) is 1. The molecule has 0 aliphatic heterocycles. The van der Waals surface area contributed by atoms with Gasteiger partial charge in [0.2, 0.25) is 0 Å². The van der Waals surface area contributed by atoms with Crippen molar-refractivity contribution in [2.75, 3.05) is 0 Å². The monoisotopic (exact) mass is 280 g/mol. The van der Waals surface area contributed by atoms with Gasteiger partial charge in [-0.05, 0) is 30.9 Å². The first-order chi connectivity index (χ1) is 10.1. The third kappa shape index (κ3) is 3.96. The Hall–Kier alpha value is -2.06. The van der Waals surface area contributed by atoms with Crippen LogP contribution in [0.1, 0.15) is 31.4 Å². The Bertz CT molecular complexity index is 566. The number of hydrogen-bond donors (Lipinski definition) is 2. The summed E-state index contributed by atoms with van der Waals surface area (Å²) in [6.07, 6.45) is 8.68. The van der Waals surface area contributed by atoms with Crippen LogP contribution in [0.15, 0.2) is 78.6 Å². The van der Waals surface area contributed by atoms with Crippen molar-refractivity contribution in [3.05, 3.63) is 84.1 Å². The van der Waals surface area contributed by atoms with Crippen LogP contribution in [-0.2, 0) is 0 Å². The number of benzene rings is 1. The Balaban J connectivity index is 2.20. The molecule has 2 nitrogen and oxygen atoms in total. The van der Waals surface area contributed by atoms with Crippen molar-refractivity contribution < 1.29 is 0 Å². The highest BCUT2D eigenvalue weighted by molar-refractivity contribution is 5.40. The van der Waals surface area contributed by atoms with Crippen molar-refractivity contribution in [1.82, 2.24) is 5.32 Å². The molecule has 2 atom stereocenters. The molecule has 110 valence electrons. The summed E-state index contributed by atoms with van der Waals surface area (Å²) < 4.78 is 0. The zero-order chi connectivity index (χ0) is 15.2. The second-order valence-electron chi connectivity index (χ2n) is 5.52. The van der Waals surface area contributed by atoms with Crippen LogP contribution in [0, 0.1) is 0 Å². The Morgan fingerprint density at radius 2 is 1.90 bits per heavy atom. The van der Waals surface area contributed by atoms with Crippen molar-refractivity contribution in [1.29, 1.82) is 0 Å². The molecule has 0 saturated carbocycles. The second kappa shape index (κ2) is 7.09. The number of nitrogens with one attached hydrogen (secondary N) is 1. The Morgan fingerprint density at radius 1 is 1.19 bits per heavy atom. The summed E-state index contributed by atoms with van der Waals surface area (Å²) in [4.78, 5) is 0. The lowest BCUT2D eigenvalue weighted by Gasteiger charge is -2.28. The fourth-order valence-corrected chi connectivity index (χ4v) is 2.43. The van der Waals surface area contributed by atoms with Gasteiger partial charge in [0.25, 0.3) is 0 Å². The standard InChI is InChI=1S/C19H24N2/c1-14(2)18(20)19(17-12-8-5-9-13-17)21-15(3)16-10-6-4-7-11-16/h5-6,8-13,18-19,21H,1,3-4,7,20H2,2H3. The van der Waals surface area contributed by atoms with Gasteiger partial charge in [-0.15, -0.1) is 0 Å². The minimum atomic E-state index is -0.155. The van der Waals surface area contributed by atoms with E-state index >= 15 is 0 Å². The SMILES string of the molecule is C=C(NC(c1ccccc1)C(N)C(=C)C)C1=CCCC=C1. The zero-order valence-electron chi connectivity index (χ0n) is 12.7. The smallest absolute Gasteiger partial charge is 0.0703 e. The van der Waals surface area contributed by atoms with Crippen LogP contribution in [0.4, 0.5) is 0 Å². The fraction of sp³-hybridized carbons (Fsp3) is 0.263. The first-order valence-electron chi connectivity index (χ1n) is 7.38. The Kier molecular flexibility index (Phi) is 5.18. The van der Waals surface area contributed by atoms with E-state index < -0.39 is 0 Å². The van der Waals surface area contributed by atoms with Crippen molar-refractivity contribution in [2.24, 2.45) is 5.73 Å². The Morgan fingerprint density at radius 3 is 2.48 bits per heavy atom. The highest BCUT2D eigenvalue weighted by Gasteiger charge is 2.21. The van der Waals surface area contributed by atoms with Crippen LogP contribution in [0.3, 0.4) is 0 Å². The molecule has 0 saturated heterocycles. The summed E-state index contributed by atoms with van der Waals surface area (Å²) in [5.74, 6) is 0. The number of rotatable bonds is 6. The van der Waals surface area contributed by atoms with Crippen LogP contribution in [0.5, 0.6) is 0 Å². The molecule has 2 heteroatoms. The summed E-state index contributed by atoms with van der Waals surface area (Å²) in [5.41, 5.74) is 10.5. The van der Waals surface area contributed by atoms with Gasteiger partial charge in [-0.25, -0.2) is 0 Å². The minimum absolute atomic E-state index is 0.0209. The van der Waals surface area contributed by atoms with Gasteiger partial charge in [-0.3, -0.25) is 0 Å². The van der Waals surface area contributed by atoms with E-state index in [4.69, 9.17) is 5.73 Å². The van der Waals surface area contributed by atoms with Crippen LogP contribution in [0.25, 0.3) is 0 Å². The predicted molar refractivity (Wildman–Crippen MR) is 90.7 cm³/mol. The maximum absolute atomic E-state index is 6.33. The van der Waals surface area contributed by atoms with Gasteiger partial charge in [0.05, 0.1) is 6.04 Å². The predicted octanol–water partition coefficient (Wildman–Crippen LogP) is 4.01. The normalized spacial score (nSPS) is 16.8. The number of hydrogen-bond acceptors (Lipinski definition) is 2. The Labute approximate surface area is 127 Å². The lowest BCUT2D eigenvalue weighted by molar-refractivity contribution is 0.527. The first-order valence-corrected chi connectivity index (χ1v) is 7.38. The van der Waals surface area contributed by atoms with Crippen LogP contribution in [-0.4, -0.2) is 6.04 Å². The minimum Gasteiger partial charge on any atom is -0.376 e. The maximum Gasteiger partial charge on any atom is 0.0703 e. The molecule has 21 heavy (non-hydrogen) atoms. The highest BCUT2D eigenvalue weighted by atomic mass is 15.0. The third-order valence-electron chi connectivity index (χ3n) is 3.76. The van der Waals surface area contributed by atoms with Crippen LogP contribution in [0.2, 0.25) is 0 Å². The molecule has 0 amide bonds. The average molecular weight is 280 g/mol. The molecule has 1 aromatic rings. The maximum atomic E-state index is 6.33. The van der Waals surface area contributed by atoms with Gasteiger partial charge in [0.15, 0.2) is 0 Å². The van der Waals surface area contributed by atoms with Gasteiger partial charge in [0, 0.05) is 11.7 Å². The summed E-state index contributed by atoms with van der Waals surface area (Å²) in [6, 6.07) is 10.0. The van der Waals surface area contributed by atoms with E-state index in [1.165, 1.54) is 0 Å². The molecule has 0 fully saturated rings. The van der Waals surface area contributed by atoms with E-state index in [0.717, 1.165) is 35.2 Å². The fourth-order valence-electron chi connectivity index (χ4n) is 2.43. The molecule has 2 unspecified atom stereocenters. The molecule has 0 aromatic heterocycles. The van der Waals surface area contributed by atoms with E-state index in [2.05, 4.69) is 48.8 Å². The van der Waals surface area contributed by atoms with Crippen molar-refractivity contribution >= 4 is 0 Å². The molecular formula is C19H24N2. The molecular weight excluding hydrogens is 256 g/mol. The zero-order valence-corrected chi connectivity index (χ0v) is 12.7. The molecule has 2 rings (SSSR count). The molecule has 1 aromatic carbocycles. The van der Waals surface area contributed by atoms with Crippen LogP contribution < -0.4 is 11.1 Å². The largest absolute Gasteiger partial charge is 0.376 e. The average Bonchev–Trinajstić information content (AvgIpc) is 2.53. The van der Waals surface area contributed by atoms with Gasteiger partial charge >= 0.3 is 0 Å². The van der Waals surface area contributed by atoms with Gasteiger partial charge in [-0.2, -0.15) is 0 Å². The van der Waals surface area contributed by atoms with E-state index in [0.29, 0.717) is 0 Å². The second-order valence-corrected chi connectivity index (χ2v) is 5.52.